The molecular weight excluding hydrogens is 250 g/mol. The molecule has 1 heterocycles. The van der Waals surface area contributed by atoms with Crippen molar-refractivity contribution in [1.82, 2.24) is 10.3 Å². The number of rotatable bonds is 4. The molecule has 1 aromatic heterocycles. The van der Waals surface area contributed by atoms with E-state index >= 15 is 0 Å². The van der Waals surface area contributed by atoms with Crippen molar-refractivity contribution in [3.8, 4) is 0 Å². The van der Waals surface area contributed by atoms with E-state index < -0.39 is 0 Å². The number of fused-ring (bicyclic) bond motifs is 1. The lowest BCUT2D eigenvalue weighted by atomic mass is 9.93. The Balaban J connectivity index is 1.98. The topological polar surface area (TPSA) is 54.0 Å². The summed E-state index contributed by atoms with van der Waals surface area (Å²) in [6.45, 7) is 2.85. The minimum absolute atomic E-state index is 0.0125. The van der Waals surface area contributed by atoms with Crippen molar-refractivity contribution in [2.24, 2.45) is 0 Å². The van der Waals surface area contributed by atoms with Gasteiger partial charge in [0.1, 0.15) is 5.82 Å². The average molecular weight is 269 g/mol. The van der Waals surface area contributed by atoms with E-state index in [0.717, 1.165) is 36.0 Å². The monoisotopic (exact) mass is 269 g/mol. The first-order valence-corrected chi connectivity index (χ1v) is 7.22. The molecule has 1 amide bonds. The van der Waals surface area contributed by atoms with E-state index in [1.54, 1.807) is 6.20 Å². The number of pyridine rings is 1. The number of hydrogen-bond donors (Lipinski definition) is 2. The number of carbonyl (C=O) groups is 1. The zero-order chi connectivity index (χ0) is 13.9. The SMILES string of the molecule is CCNc1ncc(C(=O)NC2CCC2)c2ccccc12. The predicted molar refractivity (Wildman–Crippen MR) is 81.0 cm³/mol. The molecular formula is C16H19N3O. The quantitative estimate of drug-likeness (QED) is 0.897. The number of hydrogen-bond acceptors (Lipinski definition) is 3. The van der Waals surface area contributed by atoms with E-state index in [1.165, 1.54) is 6.42 Å². The molecule has 1 aliphatic carbocycles. The van der Waals surface area contributed by atoms with Crippen molar-refractivity contribution in [3.63, 3.8) is 0 Å². The largest absolute Gasteiger partial charge is 0.370 e. The van der Waals surface area contributed by atoms with E-state index in [1.807, 2.05) is 31.2 Å². The summed E-state index contributed by atoms with van der Waals surface area (Å²) >= 11 is 0. The molecule has 1 fully saturated rings. The Morgan fingerprint density at radius 1 is 1.30 bits per heavy atom. The standard InChI is InChI=1S/C16H19N3O/c1-2-17-15-13-9-4-3-8-12(13)14(10-18-15)16(20)19-11-6-5-7-11/h3-4,8-11H,2,5-7H2,1H3,(H,17,18)(H,19,20). The van der Waals surface area contributed by atoms with Crippen LogP contribution < -0.4 is 10.6 Å². The first-order chi connectivity index (χ1) is 9.79. The maximum Gasteiger partial charge on any atom is 0.253 e. The van der Waals surface area contributed by atoms with Gasteiger partial charge in [-0.2, -0.15) is 0 Å². The summed E-state index contributed by atoms with van der Waals surface area (Å²) in [4.78, 5) is 16.8. The van der Waals surface area contributed by atoms with E-state index in [0.29, 0.717) is 11.6 Å². The highest BCUT2D eigenvalue weighted by molar-refractivity contribution is 6.09. The molecule has 1 aromatic carbocycles. The number of nitrogens with zero attached hydrogens (tertiary/aromatic N) is 1. The van der Waals surface area contributed by atoms with Crippen LogP contribution in [0.15, 0.2) is 30.5 Å². The number of nitrogens with one attached hydrogen (secondary N) is 2. The molecule has 4 heteroatoms. The van der Waals surface area contributed by atoms with E-state index in [4.69, 9.17) is 0 Å². The van der Waals surface area contributed by atoms with Gasteiger partial charge in [-0.25, -0.2) is 4.98 Å². The predicted octanol–water partition coefficient (Wildman–Crippen LogP) is 2.95. The molecule has 104 valence electrons. The van der Waals surface area contributed by atoms with Gasteiger partial charge in [0.2, 0.25) is 0 Å². The zero-order valence-electron chi connectivity index (χ0n) is 11.6. The molecule has 4 nitrogen and oxygen atoms in total. The molecule has 20 heavy (non-hydrogen) atoms. The Bertz CT molecular complexity index is 635. The van der Waals surface area contributed by atoms with Crippen molar-refractivity contribution in [2.75, 3.05) is 11.9 Å². The summed E-state index contributed by atoms with van der Waals surface area (Å²) in [5, 5.41) is 8.26. The minimum atomic E-state index is -0.0125. The van der Waals surface area contributed by atoms with Crippen LogP contribution in [0.25, 0.3) is 10.8 Å². The van der Waals surface area contributed by atoms with Crippen LogP contribution in [0.3, 0.4) is 0 Å². The fourth-order valence-electron chi connectivity index (χ4n) is 2.50. The van der Waals surface area contributed by atoms with Gasteiger partial charge in [0.05, 0.1) is 5.56 Å². The van der Waals surface area contributed by atoms with Crippen LogP contribution in [0.1, 0.15) is 36.5 Å². The third kappa shape index (κ3) is 2.33. The van der Waals surface area contributed by atoms with Crippen LogP contribution in [0.5, 0.6) is 0 Å². The van der Waals surface area contributed by atoms with Crippen molar-refractivity contribution in [1.29, 1.82) is 0 Å². The molecule has 0 atom stereocenters. The van der Waals surface area contributed by atoms with E-state index in [9.17, 15) is 4.79 Å². The Morgan fingerprint density at radius 3 is 2.70 bits per heavy atom. The molecule has 0 spiro atoms. The number of amides is 1. The Kier molecular flexibility index (Phi) is 3.54. The molecule has 3 rings (SSSR count). The number of anilines is 1. The van der Waals surface area contributed by atoms with Gasteiger partial charge in [0, 0.05) is 24.2 Å². The molecule has 1 aliphatic rings. The second-order valence-corrected chi connectivity index (χ2v) is 5.20. The van der Waals surface area contributed by atoms with Crippen LogP contribution in [0, 0.1) is 0 Å². The average Bonchev–Trinajstić information content (AvgIpc) is 2.43. The van der Waals surface area contributed by atoms with E-state index in [2.05, 4.69) is 15.6 Å². The Hall–Kier alpha value is -2.10. The third-order valence-corrected chi connectivity index (χ3v) is 3.82. The molecule has 0 saturated heterocycles. The fourth-order valence-corrected chi connectivity index (χ4v) is 2.50. The molecule has 0 bridgehead atoms. The normalized spacial score (nSPS) is 14.8. The summed E-state index contributed by atoms with van der Waals surface area (Å²) in [7, 11) is 0. The molecule has 0 unspecified atom stereocenters. The van der Waals surface area contributed by atoms with Gasteiger partial charge in [-0.15, -0.1) is 0 Å². The summed E-state index contributed by atoms with van der Waals surface area (Å²) in [6.07, 6.45) is 5.07. The molecule has 1 saturated carbocycles. The summed E-state index contributed by atoms with van der Waals surface area (Å²) < 4.78 is 0. The minimum Gasteiger partial charge on any atom is -0.370 e. The second-order valence-electron chi connectivity index (χ2n) is 5.20. The van der Waals surface area contributed by atoms with Gasteiger partial charge in [-0.1, -0.05) is 24.3 Å². The maximum atomic E-state index is 12.4. The maximum absolute atomic E-state index is 12.4. The number of benzene rings is 1. The van der Waals surface area contributed by atoms with Crippen LogP contribution in [0.4, 0.5) is 5.82 Å². The highest BCUT2D eigenvalue weighted by Crippen LogP contribution is 2.25. The number of aromatic nitrogens is 1. The van der Waals surface area contributed by atoms with Crippen LogP contribution in [0.2, 0.25) is 0 Å². The Labute approximate surface area is 118 Å². The molecule has 2 N–H and O–H groups in total. The van der Waals surface area contributed by atoms with Crippen molar-refractivity contribution >= 4 is 22.5 Å². The van der Waals surface area contributed by atoms with Gasteiger partial charge in [-0.05, 0) is 31.6 Å². The highest BCUT2D eigenvalue weighted by Gasteiger charge is 2.21. The van der Waals surface area contributed by atoms with Crippen molar-refractivity contribution in [3.05, 3.63) is 36.0 Å². The summed E-state index contributed by atoms with van der Waals surface area (Å²) in [6, 6.07) is 8.25. The first-order valence-electron chi connectivity index (χ1n) is 7.22. The van der Waals surface area contributed by atoms with Gasteiger partial charge >= 0.3 is 0 Å². The van der Waals surface area contributed by atoms with Crippen molar-refractivity contribution in [2.45, 2.75) is 32.2 Å². The summed E-state index contributed by atoms with van der Waals surface area (Å²) in [5.74, 6) is 0.824. The summed E-state index contributed by atoms with van der Waals surface area (Å²) in [5.41, 5.74) is 0.661. The van der Waals surface area contributed by atoms with Gasteiger partial charge in [0.25, 0.3) is 5.91 Å². The lowest BCUT2D eigenvalue weighted by molar-refractivity contribution is 0.0918. The van der Waals surface area contributed by atoms with Gasteiger partial charge < -0.3 is 10.6 Å². The van der Waals surface area contributed by atoms with E-state index in [-0.39, 0.29) is 5.91 Å². The fraction of sp³-hybridized carbons (Fsp3) is 0.375. The van der Waals surface area contributed by atoms with Crippen LogP contribution in [-0.2, 0) is 0 Å². The van der Waals surface area contributed by atoms with Gasteiger partial charge in [0.15, 0.2) is 0 Å². The molecule has 0 aliphatic heterocycles. The smallest absolute Gasteiger partial charge is 0.253 e. The highest BCUT2D eigenvalue weighted by atomic mass is 16.1. The second kappa shape index (κ2) is 5.49. The lowest BCUT2D eigenvalue weighted by Crippen LogP contribution is -2.39. The first kappa shape index (κ1) is 12.9. The van der Waals surface area contributed by atoms with Gasteiger partial charge in [-0.3, -0.25) is 4.79 Å². The Morgan fingerprint density at radius 2 is 2.05 bits per heavy atom. The van der Waals surface area contributed by atoms with Crippen LogP contribution >= 0.6 is 0 Å². The lowest BCUT2D eigenvalue weighted by Gasteiger charge is -2.26. The van der Waals surface area contributed by atoms with Crippen LogP contribution in [-0.4, -0.2) is 23.5 Å². The third-order valence-electron chi connectivity index (χ3n) is 3.82. The zero-order valence-corrected chi connectivity index (χ0v) is 11.6. The van der Waals surface area contributed by atoms with Crippen molar-refractivity contribution < 1.29 is 4.79 Å². The molecule has 0 radical (unpaired) electrons. The molecule has 2 aromatic rings. The number of carbonyl (C=O) groups excluding carboxylic acids is 1.